The zero-order valence-electron chi connectivity index (χ0n) is 17.0. The van der Waals surface area contributed by atoms with Crippen LogP contribution >= 0.6 is 23.2 Å². The van der Waals surface area contributed by atoms with Crippen LogP contribution in [0, 0.1) is 0 Å². The van der Waals surface area contributed by atoms with E-state index in [2.05, 4.69) is 15.5 Å². The van der Waals surface area contributed by atoms with Crippen LogP contribution in [0.2, 0.25) is 10.0 Å². The van der Waals surface area contributed by atoms with Gasteiger partial charge in [0, 0.05) is 31.2 Å². The molecule has 2 amide bonds. The number of rotatable bonds is 9. The fraction of sp³-hybridized carbons (Fsp3) is 0.364. The number of nitrogens with zero attached hydrogens (tertiary/aromatic N) is 1. The molecule has 7 nitrogen and oxygen atoms in total. The normalized spacial score (nSPS) is 14.1. The van der Waals surface area contributed by atoms with Crippen LogP contribution < -0.4 is 15.4 Å². The van der Waals surface area contributed by atoms with E-state index in [0.29, 0.717) is 18.2 Å². The Kier molecular flexibility index (Phi) is 8.97. The van der Waals surface area contributed by atoms with E-state index >= 15 is 0 Å². The van der Waals surface area contributed by atoms with Crippen LogP contribution in [-0.4, -0.2) is 62.7 Å². The average Bonchev–Trinajstić information content (AvgIpc) is 2.77. The second kappa shape index (κ2) is 11.9. The molecule has 1 heterocycles. The molecule has 0 radical (unpaired) electrons. The van der Waals surface area contributed by atoms with Crippen LogP contribution in [0.3, 0.4) is 0 Å². The quantitative estimate of drug-likeness (QED) is 0.594. The van der Waals surface area contributed by atoms with Gasteiger partial charge in [0.05, 0.1) is 30.3 Å². The number of carbonyl (C=O) groups is 2. The van der Waals surface area contributed by atoms with Crippen LogP contribution in [-0.2, 0) is 16.1 Å². The minimum absolute atomic E-state index is 0.159. The number of benzene rings is 2. The number of hydrogen-bond acceptors (Lipinski definition) is 5. The molecular formula is C22H25Cl2N3O4. The van der Waals surface area contributed by atoms with Crippen LogP contribution in [0.1, 0.15) is 15.9 Å². The third-order valence-electron chi connectivity index (χ3n) is 4.75. The van der Waals surface area contributed by atoms with E-state index in [-0.39, 0.29) is 23.0 Å². The zero-order chi connectivity index (χ0) is 22.1. The molecule has 0 spiro atoms. The molecule has 31 heavy (non-hydrogen) atoms. The summed E-state index contributed by atoms with van der Waals surface area (Å²) < 4.78 is 11.2. The van der Waals surface area contributed by atoms with Crippen molar-refractivity contribution < 1.29 is 19.1 Å². The maximum absolute atomic E-state index is 12.2. The molecule has 1 fully saturated rings. The Bertz CT molecular complexity index is 904. The number of amides is 2. The van der Waals surface area contributed by atoms with Crippen molar-refractivity contribution in [2.45, 2.75) is 6.54 Å². The summed E-state index contributed by atoms with van der Waals surface area (Å²) >= 11 is 11.8. The van der Waals surface area contributed by atoms with Gasteiger partial charge in [0.2, 0.25) is 5.91 Å². The molecule has 0 bridgehead atoms. The van der Waals surface area contributed by atoms with Gasteiger partial charge in [-0.1, -0.05) is 35.3 Å². The highest BCUT2D eigenvalue weighted by molar-refractivity contribution is 6.36. The number of nitrogens with one attached hydrogen (secondary N) is 2. The summed E-state index contributed by atoms with van der Waals surface area (Å²) in [6.07, 6.45) is 0. The third-order valence-corrected chi connectivity index (χ3v) is 5.30. The van der Waals surface area contributed by atoms with E-state index in [1.807, 2.05) is 24.3 Å². The van der Waals surface area contributed by atoms with Gasteiger partial charge < -0.3 is 20.1 Å². The van der Waals surface area contributed by atoms with E-state index in [1.54, 1.807) is 6.07 Å². The number of halogens is 2. The van der Waals surface area contributed by atoms with Gasteiger partial charge in [-0.2, -0.15) is 0 Å². The summed E-state index contributed by atoms with van der Waals surface area (Å²) in [7, 11) is 0. The number of ether oxygens (including phenoxy) is 2. The molecule has 2 aromatic carbocycles. The van der Waals surface area contributed by atoms with Crippen molar-refractivity contribution in [3.8, 4) is 5.75 Å². The topological polar surface area (TPSA) is 79.9 Å². The lowest BCUT2D eigenvalue weighted by Gasteiger charge is -2.26. The lowest BCUT2D eigenvalue weighted by Crippen LogP contribution is -2.38. The van der Waals surface area contributed by atoms with Gasteiger partial charge in [-0.15, -0.1) is 0 Å². The average molecular weight is 466 g/mol. The highest BCUT2D eigenvalue weighted by atomic mass is 35.5. The Morgan fingerprint density at radius 2 is 1.87 bits per heavy atom. The van der Waals surface area contributed by atoms with Crippen LogP contribution in [0.4, 0.5) is 0 Å². The van der Waals surface area contributed by atoms with E-state index < -0.39 is 5.91 Å². The molecule has 0 atom stereocenters. The highest BCUT2D eigenvalue weighted by Crippen LogP contribution is 2.20. The Balaban J connectivity index is 1.39. The molecule has 1 aliphatic heterocycles. The zero-order valence-corrected chi connectivity index (χ0v) is 18.5. The molecule has 3 rings (SSSR count). The highest BCUT2D eigenvalue weighted by Gasteiger charge is 2.12. The number of hydrogen-bond donors (Lipinski definition) is 2. The minimum Gasteiger partial charge on any atom is -0.492 e. The number of morpholine rings is 1. The molecule has 0 aliphatic carbocycles. The van der Waals surface area contributed by atoms with Crippen molar-refractivity contribution in [1.29, 1.82) is 0 Å². The largest absolute Gasteiger partial charge is 0.492 e. The standard InChI is InChI=1S/C22H25Cl2N3O4/c23-17-4-5-19(20(24)13-17)22(29)26-15-21(28)25-14-16-2-1-3-18(12-16)31-11-8-27-6-9-30-10-7-27/h1-5,12-13H,6-11,14-15H2,(H,25,28)(H,26,29). The first-order valence-corrected chi connectivity index (χ1v) is 10.8. The van der Waals surface area contributed by atoms with Crippen LogP contribution in [0.5, 0.6) is 5.75 Å². The van der Waals surface area contributed by atoms with Crippen LogP contribution in [0.15, 0.2) is 42.5 Å². The van der Waals surface area contributed by atoms with Gasteiger partial charge >= 0.3 is 0 Å². The van der Waals surface area contributed by atoms with Crippen molar-refractivity contribution in [2.24, 2.45) is 0 Å². The summed E-state index contributed by atoms with van der Waals surface area (Å²) in [6, 6.07) is 12.1. The van der Waals surface area contributed by atoms with E-state index in [1.165, 1.54) is 12.1 Å². The summed E-state index contributed by atoms with van der Waals surface area (Å²) in [5.41, 5.74) is 1.17. The summed E-state index contributed by atoms with van der Waals surface area (Å²) in [5.74, 6) is 0.00949. The van der Waals surface area contributed by atoms with Crippen molar-refractivity contribution in [3.05, 3.63) is 63.6 Å². The molecule has 0 saturated carbocycles. The molecular weight excluding hydrogens is 441 g/mol. The fourth-order valence-corrected chi connectivity index (χ4v) is 3.55. The first-order chi connectivity index (χ1) is 15.0. The predicted molar refractivity (Wildman–Crippen MR) is 120 cm³/mol. The van der Waals surface area contributed by atoms with Gasteiger partial charge in [0.1, 0.15) is 12.4 Å². The van der Waals surface area contributed by atoms with Crippen molar-refractivity contribution in [3.63, 3.8) is 0 Å². The monoisotopic (exact) mass is 465 g/mol. The molecule has 2 aromatic rings. The Hall–Kier alpha value is -2.32. The molecule has 1 saturated heterocycles. The third kappa shape index (κ3) is 7.70. The Morgan fingerprint density at radius 1 is 1.06 bits per heavy atom. The maximum atomic E-state index is 12.2. The summed E-state index contributed by atoms with van der Waals surface area (Å²) in [6.45, 7) is 5.00. The molecule has 0 aromatic heterocycles. The molecule has 0 unspecified atom stereocenters. The van der Waals surface area contributed by atoms with Gasteiger partial charge in [0.25, 0.3) is 5.91 Å². The molecule has 9 heteroatoms. The lowest BCUT2D eigenvalue weighted by atomic mass is 10.2. The van der Waals surface area contributed by atoms with Gasteiger partial charge in [-0.3, -0.25) is 14.5 Å². The van der Waals surface area contributed by atoms with Crippen molar-refractivity contribution >= 4 is 35.0 Å². The molecule has 2 N–H and O–H groups in total. The van der Waals surface area contributed by atoms with Gasteiger partial charge in [-0.05, 0) is 35.9 Å². The summed E-state index contributed by atoms with van der Waals surface area (Å²) in [5, 5.41) is 6.00. The maximum Gasteiger partial charge on any atom is 0.253 e. The Labute approximate surface area is 191 Å². The predicted octanol–water partition coefficient (Wildman–Crippen LogP) is 2.75. The van der Waals surface area contributed by atoms with Gasteiger partial charge in [0.15, 0.2) is 0 Å². The van der Waals surface area contributed by atoms with Crippen LogP contribution in [0.25, 0.3) is 0 Å². The van der Waals surface area contributed by atoms with E-state index in [9.17, 15) is 9.59 Å². The Morgan fingerprint density at radius 3 is 2.65 bits per heavy atom. The fourth-order valence-electron chi connectivity index (χ4n) is 3.06. The summed E-state index contributed by atoms with van der Waals surface area (Å²) in [4.78, 5) is 26.6. The smallest absolute Gasteiger partial charge is 0.253 e. The first kappa shape index (κ1) is 23.3. The van der Waals surface area contributed by atoms with Crippen molar-refractivity contribution in [1.82, 2.24) is 15.5 Å². The SMILES string of the molecule is O=C(CNC(=O)c1ccc(Cl)cc1Cl)NCc1cccc(OCCN2CCOCC2)c1. The second-order valence-electron chi connectivity index (χ2n) is 7.03. The number of carbonyl (C=O) groups excluding carboxylic acids is 2. The molecule has 1 aliphatic rings. The van der Waals surface area contributed by atoms with E-state index in [0.717, 1.165) is 44.2 Å². The lowest BCUT2D eigenvalue weighted by molar-refractivity contribution is -0.120. The minimum atomic E-state index is -0.438. The molecule has 166 valence electrons. The van der Waals surface area contributed by atoms with Crippen molar-refractivity contribution in [2.75, 3.05) is 46.0 Å². The van der Waals surface area contributed by atoms with Gasteiger partial charge in [-0.25, -0.2) is 0 Å². The van der Waals surface area contributed by atoms with E-state index in [4.69, 9.17) is 32.7 Å². The second-order valence-corrected chi connectivity index (χ2v) is 7.88. The first-order valence-electron chi connectivity index (χ1n) is 10.0.